The molecule has 4 heterocycles. The lowest BCUT2D eigenvalue weighted by atomic mass is 9.92. The SMILES string of the molecule is CC(C)(C)c1ccc(Cl)c(-n2c3nc(Nc4ccc5c(c4)CNCC5)ncc3c(=O)n2C2CC2)n1. The minimum atomic E-state index is -0.171. The number of hydrogen-bond donors (Lipinski definition) is 2. The number of fused-ring (bicyclic) bond motifs is 2. The molecule has 35 heavy (non-hydrogen) atoms. The number of anilines is 2. The van der Waals surface area contributed by atoms with Gasteiger partial charge in [0.15, 0.2) is 11.5 Å². The van der Waals surface area contributed by atoms with Gasteiger partial charge < -0.3 is 10.6 Å². The minimum Gasteiger partial charge on any atom is -0.324 e. The fraction of sp³-hybridized carbons (Fsp3) is 0.385. The second kappa shape index (κ2) is 8.17. The van der Waals surface area contributed by atoms with E-state index >= 15 is 0 Å². The van der Waals surface area contributed by atoms with Crippen molar-refractivity contribution in [3.05, 3.63) is 68.7 Å². The van der Waals surface area contributed by atoms with Crippen LogP contribution < -0.4 is 16.2 Å². The average Bonchev–Trinajstić information content (AvgIpc) is 3.63. The number of halogens is 1. The lowest BCUT2D eigenvalue weighted by molar-refractivity contribution is 0.537. The van der Waals surface area contributed by atoms with Gasteiger partial charge in [-0.25, -0.2) is 19.3 Å². The van der Waals surface area contributed by atoms with Crippen molar-refractivity contribution in [3.8, 4) is 5.82 Å². The van der Waals surface area contributed by atoms with E-state index in [4.69, 9.17) is 21.6 Å². The van der Waals surface area contributed by atoms with E-state index in [9.17, 15) is 4.79 Å². The predicted molar refractivity (Wildman–Crippen MR) is 138 cm³/mol. The lowest BCUT2D eigenvalue weighted by Gasteiger charge is -2.20. The maximum absolute atomic E-state index is 13.4. The number of pyridine rings is 1. The molecule has 1 fully saturated rings. The summed E-state index contributed by atoms with van der Waals surface area (Å²) in [7, 11) is 0. The molecule has 2 N–H and O–H groups in total. The Balaban J connectivity index is 1.49. The number of aromatic nitrogens is 5. The topological polar surface area (TPSA) is 89.7 Å². The van der Waals surface area contributed by atoms with Gasteiger partial charge in [-0.1, -0.05) is 38.4 Å². The highest BCUT2D eigenvalue weighted by Gasteiger charge is 2.32. The molecule has 0 unspecified atom stereocenters. The molecule has 1 aromatic carbocycles. The van der Waals surface area contributed by atoms with Gasteiger partial charge in [-0.3, -0.25) is 4.79 Å². The average molecular weight is 490 g/mol. The molecule has 4 aromatic rings. The Hall–Kier alpha value is -3.23. The van der Waals surface area contributed by atoms with Gasteiger partial charge in [0, 0.05) is 29.5 Å². The fourth-order valence-corrected chi connectivity index (χ4v) is 4.78. The molecule has 0 bridgehead atoms. The molecule has 1 aliphatic carbocycles. The largest absolute Gasteiger partial charge is 0.324 e. The maximum Gasteiger partial charge on any atom is 0.278 e. The molecule has 6 rings (SSSR count). The number of benzene rings is 1. The standard InChI is InChI=1S/C26H28ClN7O/c1-26(2,3)21-9-8-20(27)23(31-21)34-22-19(24(35)33(34)18-6-7-18)14-29-25(32-22)30-17-5-4-15-10-11-28-13-16(15)12-17/h4-5,8-9,12,14,18,28H,6-7,10-11,13H2,1-3H3,(H,29,30,32). The van der Waals surface area contributed by atoms with Crippen molar-refractivity contribution in [3.63, 3.8) is 0 Å². The molecule has 9 heteroatoms. The molecular formula is C26H28ClN7O. The quantitative estimate of drug-likeness (QED) is 0.433. The van der Waals surface area contributed by atoms with Crippen molar-refractivity contribution >= 4 is 34.3 Å². The molecule has 0 spiro atoms. The van der Waals surface area contributed by atoms with Crippen LogP contribution in [0.3, 0.4) is 0 Å². The fourth-order valence-electron chi connectivity index (χ4n) is 4.60. The van der Waals surface area contributed by atoms with Crippen LogP contribution in [0, 0.1) is 0 Å². The summed E-state index contributed by atoms with van der Waals surface area (Å²) < 4.78 is 3.53. The molecule has 0 saturated heterocycles. The van der Waals surface area contributed by atoms with E-state index in [2.05, 4.69) is 48.5 Å². The Morgan fingerprint density at radius 3 is 2.71 bits per heavy atom. The number of rotatable bonds is 4. The van der Waals surface area contributed by atoms with E-state index < -0.39 is 0 Å². The summed E-state index contributed by atoms with van der Waals surface area (Å²) in [6.45, 7) is 8.16. The summed E-state index contributed by atoms with van der Waals surface area (Å²) in [5, 5.41) is 7.66. The third-order valence-electron chi connectivity index (χ3n) is 6.66. The smallest absolute Gasteiger partial charge is 0.278 e. The third kappa shape index (κ3) is 4.00. The van der Waals surface area contributed by atoms with Crippen LogP contribution in [0.4, 0.5) is 11.6 Å². The monoisotopic (exact) mass is 489 g/mol. The van der Waals surface area contributed by atoms with Crippen LogP contribution in [-0.4, -0.2) is 30.9 Å². The summed E-state index contributed by atoms with van der Waals surface area (Å²) in [6, 6.07) is 10.2. The van der Waals surface area contributed by atoms with Crippen LogP contribution >= 0.6 is 11.6 Å². The zero-order valence-corrected chi connectivity index (χ0v) is 20.9. The van der Waals surface area contributed by atoms with Crippen molar-refractivity contribution in [1.82, 2.24) is 29.6 Å². The molecule has 1 aliphatic heterocycles. The second-order valence-corrected chi connectivity index (χ2v) is 10.8. The summed E-state index contributed by atoms with van der Waals surface area (Å²) in [5.74, 6) is 0.939. The van der Waals surface area contributed by atoms with Gasteiger partial charge in [-0.05, 0) is 61.2 Å². The Bertz CT molecular complexity index is 1510. The number of nitrogens with one attached hydrogen (secondary N) is 2. The molecule has 180 valence electrons. The van der Waals surface area contributed by atoms with Crippen LogP contribution in [0.1, 0.15) is 56.5 Å². The van der Waals surface area contributed by atoms with E-state index in [1.54, 1.807) is 15.6 Å². The third-order valence-corrected chi connectivity index (χ3v) is 6.96. The molecule has 0 radical (unpaired) electrons. The molecule has 3 aromatic heterocycles. The van der Waals surface area contributed by atoms with Gasteiger partial charge in [-0.2, -0.15) is 4.98 Å². The van der Waals surface area contributed by atoms with Crippen molar-refractivity contribution < 1.29 is 0 Å². The first-order chi connectivity index (χ1) is 16.8. The van der Waals surface area contributed by atoms with E-state index in [0.717, 1.165) is 43.7 Å². The number of nitrogens with zero attached hydrogens (tertiary/aromatic N) is 5. The van der Waals surface area contributed by atoms with E-state index in [1.807, 2.05) is 18.2 Å². The Labute approximate surface area is 208 Å². The molecule has 8 nitrogen and oxygen atoms in total. The van der Waals surface area contributed by atoms with Gasteiger partial charge in [0.25, 0.3) is 5.56 Å². The Kier molecular flexibility index (Phi) is 5.19. The van der Waals surface area contributed by atoms with Crippen molar-refractivity contribution in [2.24, 2.45) is 0 Å². The molecule has 0 atom stereocenters. The first kappa shape index (κ1) is 22.2. The molecule has 2 aliphatic rings. The predicted octanol–water partition coefficient (Wildman–Crippen LogP) is 4.65. The summed E-state index contributed by atoms with van der Waals surface area (Å²) >= 11 is 6.66. The first-order valence-electron chi connectivity index (χ1n) is 12.1. The summed E-state index contributed by atoms with van der Waals surface area (Å²) in [4.78, 5) is 27.5. The highest BCUT2D eigenvalue weighted by Crippen LogP contribution is 2.37. The zero-order valence-electron chi connectivity index (χ0n) is 20.1. The highest BCUT2D eigenvalue weighted by molar-refractivity contribution is 6.32. The summed E-state index contributed by atoms with van der Waals surface area (Å²) in [5.41, 5.74) is 4.65. The van der Waals surface area contributed by atoms with Crippen molar-refractivity contribution in [2.75, 3.05) is 11.9 Å². The molecule has 0 amide bonds. The van der Waals surface area contributed by atoms with Gasteiger partial charge in [0.2, 0.25) is 5.95 Å². The van der Waals surface area contributed by atoms with Crippen LogP contribution in [0.5, 0.6) is 0 Å². The summed E-state index contributed by atoms with van der Waals surface area (Å²) in [6.07, 6.45) is 4.51. The number of hydrogen-bond acceptors (Lipinski definition) is 6. The van der Waals surface area contributed by atoms with Gasteiger partial charge in [0.05, 0.1) is 11.1 Å². The highest BCUT2D eigenvalue weighted by atomic mass is 35.5. The van der Waals surface area contributed by atoms with Crippen LogP contribution in [0.2, 0.25) is 5.02 Å². The van der Waals surface area contributed by atoms with Gasteiger partial charge in [-0.15, -0.1) is 0 Å². The van der Waals surface area contributed by atoms with Crippen LogP contribution in [0.15, 0.2) is 41.3 Å². The van der Waals surface area contributed by atoms with E-state index in [1.165, 1.54) is 11.1 Å². The second-order valence-electron chi connectivity index (χ2n) is 10.4. The molecular weight excluding hydrogens is 462 g/mol. The Morgan fingerprint density at radius 1 is 1.11 bits per heavy atom. The van der Waals surface area contributed by atoms with Crippen molar-refractivity contribution in [1.29, 1.82) is 0 Å². The zero-order chi connectivity index (χ0) is 24.3. The maximum atomic E-state index is 13.4. The van der Waals surface area contributed by atoms with Crippen LogP contribution in [-0.2, 0) is 18.4 Å². The lowest BCUT2D eigenvalue weighted by Crippen LogP contribution is -2.23. The first-order valence-corrected chi connectivity index (χ1v) is 12.4. The molecule has 1 saturated carbocycles. The Morgan fingerprint density at radius 2 is 1.94 bits per heavy atom. The van der Waals surface area contributed by atoms with Crippen LogP contribution in [0.25, 0.3) is 16.9 Å². The van der Waals surface area contributed by atoms with Gasteiger partial charge in [0.1, 0.15) is 5.39 Å². The normalized spacial score (nSPS) is 15.9. The minimum absolute atomic E-state index is 0.109. The van der Waals surface area contributed by atoms with Gasteiger partial charge >= 0.3 is 0 Å². The van der Waals surface area contributed by atoms with Crippen molar-refractivity contribution in [2.45, 2.75) is 58.0 Å². The van der Waals surface area contributed by atoms with E-state index in [0.29, 0.717) is 27.8 Å². The van der Waals surface area contributed by atoms with E-state index in [-0.39, 0.29) is 17.0 Å².